The Morgan fingerprint density at radius 1 is 1.43 bits per heavy atom. The number of carbonyl (C=O) groups excluding carboxylic acids is 1. The minimum absolute atomic E-state index is 0.0242. The molecule has 0 radical (unpaired) electrons. The van der Waals surface area contributed by atoms with Crippen LogP contribution in [0.5, 0.6) is 5.75 Å². The van der Waals surface area contributed by atoms with E-state index in [1.54, 1.807) is 18.2 Å². The van der Waals surface area contributed by atoms with Gasteiger partial charge in [-0.25, -0.2) is 9.78 Å². The van der Waals surface area contributed by atoms with Crippen LogP contribution in [-0.4, -0.2) is 35.1 Å². The number of aromatic carboxylic acids is 1. The van der Waals surface area contributed by atoms with E-state index in [1.165, 1.54) is 16.7 Å². The fourth-order valence-electron chi connectivity index (χ4n) is 1.77. The van der Waals surface area contributed by atoms with Crippen LogP contribution >= 0.6 is 22.9 Å². The Balaban J connectivity index is 1.74. The van der Waals surface area contributed by atoms with Crippen LogP contribution in [0.2, 0.25) is 5.02 Å². The van der Waals surface area contributed by atoms with Crippen LogP contribution in [0.15, 0.2) is 23.6 Å². The second-order valence-electron chi connectivity index (χ2n) is 4.68. The third kappa shape index (κ3) is 4.94. The molecule has 2 rings (SSSR count). The number of benzene rings is 1. The lowest BCUT2D eigenvalue weighted by Crippen LogP contribution is -2.30. The molecule has 6 nitrogen and oxygen atoms in total. The number of hydrogen-bond acceptors (Lipinski definition) is 5. The zero-order valence-corrected chi connectivity index (χ0v) is 13.9. The molecule has 0 aliphatic rings. The van der Waals surface area contributed by atoms with Crippen LogP contribution in [0.1, 0.15) is 21.1 Å². The van der Waals surface area contributed by atoms with Gasteiger partial charge in [-0.05, 0) is 19.1 Å². The van der Waals surface area contributed by atoms with E-state index >= 15 is 0 Å². The molecule has 0 bridgehead atoms. The number of hydrogen-bond donors (Lipinski definition) is 2. The number of nitrogens with zero attached hydrogens (tertiary/aromatic N) is 1. The number of carbonyl (C=O) groups is 2. The normalized spacial score (nSPS) is 10.3. The number of nitrogens with one attached hydrogen (secondary N) is 1. The first-order chi connectivity index (χ1) is 11.0. The summed E-state index contributed by atoms with van der Waals surface area (Å²) < 4.78 is 5.43. The summed E-state index contributed by atoms with van der Waals surface area (Å²) >= 11 is 7.23. The number of thiazole rings is 1. The van der Waals surface area contributed by atoms with E-state index in [0.717, 1.165) is 5.56 Å². The summed E-state index contributed by atoms with van der Waals surface area (Å²) in [6.07, 6.45) is 0.472. The molecule has 2 N–H and O–H groups in total. The number of ether oxygens (including phenoxy) is 1. The summed E-state index contributed by atoms with van der Waals surface area (Å²) in [5, 5.41) is 14.2. The second-order valence-corrected chi connectivity index (χ2v) is 6.03. The molecule has 122 valence electrons. The smallest absolute Gasteiger partial charge is 0.355 e. The van der Waals surface area contributed by atoms with Gasteiger partial charge in [0.05, 0.1) is 5.01 Å². The van der Waals surface area contributed by atoms with Crippen molar-refractivity contribution in [1.82, 2.24) is 10.3 Å². The third-order valence-electron chi connectivity index (χ3n) is 3.01. The number of amides is 1. The lowest BCUT2D eigenvalue weighted by Gasteiger charge is -2.10. The molecule has 8 heteroatoms. The van der Waals surface area contributed by atoms with Gasteiger partial charge in [-0.3, -0.25) is 4.79 Å². The van der Waals surface area contributed by atoms with Crippen molar-refractivity contribution in [2.24, 2.45) is 0 Å². The van der Waals surface area contributed by atoms with Crippen molar-refractivity contribution in [3.8, 4) is 5.75 Å². The first-order valence-electron chi connectivity index (χ1n) is 6.79. The van der Waals surface area contributed by atoms with Crippen molar-refractivity contribution in [3.05, 3.63) is 44.9 Å². The zero-order valence-electron chi connectivity index (χ0n) is 12.3. The highest BCUT2D eigenvalue weighted by atomic mass is 35.5. The standard InChI is InChI=1S/C15H15ClN2O4S/c1-9-10(16)3-2-4-12(9)22-7-13(19)17-6-5-14-18-11(8-23-14)15(20)21/h2-4,8H,5-7H2,1H3,(H,17,19)(H,20,21). The summed E-state index contributed by atoms with van der Waals surface area (Å²) in [4.78, 5) is 26.4. The van der Waals surface area contributed by atoms with Crippen LogP contribution in [0, 0.1) is 6.92 Å². The molecule has 1 heterocycles. The SMILES string of the molecule is Cc1c(Cl)cccc1OCC(=O)NCCc1nc(C(=O)O)cs1. The van der Waals surface area contributed by atoms with Crippen LogP contribution in [0.25, 0.3) is 0 Å². The number of carboxylic acids is 1. The van der Waals surface area contributed by atoms with E-state index in [2.05, 4.69) is 10.3 Å². The van der Waals surface area contributed by atoms with Crippen molar-refractivity contribution < 1.29 is 19.4 Å². The Bertz CT molecular complexity index is 717. The molecule has 0 fully saturated rings. The lowest BCUT2D eigenvalue weighted by molar-refractivity contribution is -0.123. The van der Waals surface area contributed by atoms with Crippen LogP contribution < -0.4 is 10.1 Å². The van der Waals surface area contributed by atoms with E-state index in [-0.39, 0.29) is 18.2 Å². The molecule has 0 aliphatic carbocycles. The van der Waals surface area contributed by atoms with Crippen LogP contribution in [0.4, 0.5) is 0 Å². The molecule has 2 aromatic rings. The summed E-state index contributed by atoms with van der Waals surface area (Å²) in [5.74, 6) is -0.750. The van der Waals surface area contributed by atoms with Gasteiger partial charge in [0, 0.05) is 28.9 Å². The summed E-state index contributed by atoms with van der Waals surface area (Å²) in [7, 11) is 0. The molecular weight excluding hydrogens is 340 g/mol. The monoisotopic (exact) mass is 354 g/mol. The molecule has 1 amide bonds. The average molecular weight is 355 g/mol. The maximum absolute atomic E-state index is 11.7. The van der Waals surface area contributed by atoms with E-state index in [0.29, 0.717) is 28.7 Å². The van der Waals surface area contributed by atoms with Crippen molar-refractivity contribution >= 4 is 34.8 Å². The minimum atomic E-state index is -1.05. The average Bonchev–Trinajstić information content (AvgIpc) is 2.98. The maximum atomic E-state index is 11.7. The number of carboxylic acid groups (broad SMARTS) is 1. The largest absolute Gasteiger partial charge is 0.483 e. The highest BCUT2D eigenvalue weighted by molar-refractivity contribution is 7.09. The molecule has 0 unspecified atom stereocenters. The van der Waals surface area contributed by atoms with Gasteiger partial charge < -0.3 is 15.2 Å². The molecule has 1 aromatic heterocycles. The number of halogens is 1. The quantitative estimate of drug-likeness (QED) is 0.797. The van der Waals surface area contributed by atoms with Crippen molar-refractivity contribution in [2.75, 3.05) is 13.2 Å². The molecule has 0 saturated heterocycles. The van der Waals surface area contributed by atoms with E-state index in [1.807, 2.05) is 6.92 Å². The van der Waals surface area contributed by atoms with Gasteiger partial charge in [-0.15, -0.1) is 11.3 Å². The first-order valence-corrected chi connectivity index (χ1v) is 8.05. The predicted octanol–water partition coefficient (Wildman–Crippen LogP) is 2.54. The highest BCUT2D eigenvalue weighted by Gasteiger charge is 2.09. The maximum Gasteiger partial charge on any atom is 0.355 e. The van der Waals surface area contributed by atoms with Crippen molar-refractivity contribution in [2.45, 2.75) is 13.3 Å². The van der Waals surface area contributed by atoms with Gasteiger partial charge in [0.1, 0.15) is 5.75 Å². The van der Waals surface area contributed by atoms with Gasteiger partial charge >= 0.3 is 5.97 Å². The highest BCUT2D eigenvalue weighted by Crippen LogP contribution is 2.24. The fourth-order valence-corrected chi connectivity index (χ4v) is 2.71. The Morgan fingerprint density at radius 3 is 2.91 bits per heavy atom. The summed E-state index contributed by atoms with van der Waals surface area (Å²) in [6.45, 7) is 2.07. The number of rotatable bonds is 7. The van der Waals surface area contributed by atoms with Gasteiger partial charge in [0.25, 0.3) is 5.91 Å². The summed E-state index contributed by atoms with van der Waals surface area (Å²) in [5.41, 5.74) is 0.807. The Hall–Kier alpha value is -2.12. The molecule has 0 spiro atoms. The third-order valence-corrected chi connectivity index (χ3v) is 4.33. The van der Waals surface area contributed by atoms with Gasteiger partial charge in [-0.1, -0.05) is 17.7 Å². The lowest BCUT2D eigenvalue weighted by atomic mass is 10.2. The molecular formula is C15H15ClN2O4S. The zero-order chi connectivity index (χ0) is 16.8. The van der Waals surface area contributed by atoms with Gasteiger partial charge in [0.15, 0.2) is 12.3 Å². The van der Waals surface area contributed by atoms with E-state index < -0.39 is 5.97 Å². The number of aromatic nitrogens is 1. The predicted molar refractivity (Wildman–Crippen MR) is 87.5 cm³/mol. The first kappa shape index (κ1) is 17.2. The molecule has 0 atom stereocenters. The fraction of sp³-hybridized carbons (Fsp3) is 0.267. The van der Waals surface area contributed by atoms with Gasteiger partial charge in [-0.2, -0.15) is 0 Å². The van der Waals surface area contributed by atoms with E-state index in [4.69, 9.17) is 21.4 Å². The van der Waals surface area contributed by atoms with Crippen LogP contribution in [-0.2, 0) is 11.2 Å². The van der Waals surface area contributed by atoms with Crippen molar-refractivity contribution in [1.29, 1.82) is 0 Å². The molecule has 23 heavy (non-hydrogen) atoms. The van der Waals surface area contributed by atoms with E-state index in [9.17, 15) is 9.59 Å². The Kier molecular flexibility index (Phi) is 5.95. The molecule has 0 saturated carbocycles. The Labute approximate surface area is 142 Å². The second kappa shape index (κ2) is 7.94. The van der Waals surface area contributed by atoms with Gasteiger partial charge in [0.2, 0.25) is 0 Å². The van der Waals surface area contributed by atoms with Crippen molar-refractivity contribution in [3.63, 3.8) is 0 Å². The topological polar surface area (TPSA) is 88.5 Å². The molecule has 0 aliphatic heterocycles. The summed E-state index contributed by atoms with van der Waals surface area (Å²) in [6, 6.07) is 5.26. The molecule has 1 aromatic carbocycles. The minimum Gasteiger partial charge on any atom is -0.483 e. The van der Waals surface area contributed by atoms with Crippen LogP contribution in [0.3, 0.4) is 0 Å². The Morgan fingerprint density at radius 2 is 2.22 bits per heavy atom.